The Bertz CT molecular complexity index is 1100. The quantitative estimate of drug-likeness (QED) is 0.569. The van der Waals surface area contributed by atoms with Crippen LogP contribution in [0.2, 0.25) is 5.15 Å². The van der Waals surface area contributed by atoms with Crippen LogP contribution in [0, 0.1) is 5.41 Å². The molecule has 2 aliphatic rings. The van der Waals surface area contributed by atoms with E-state index in [9.17, 15) is 8.78 Å². The number of hydrogen-bond acceptors (Lipinski definition) is 6. The topological polar surface area (TPSA) is 70.8 Å². The molecule has 0 saturated heterocycles. The molecule has 11 heteroatoms. The number of rotatable bonds is 3. The van der Waals surface area contributed by atoms with Gasteiger partial charge in [0.1, 0.15) is 5.75 Å². The maximum absolute atomic E-state index is 13.2. The Morgan fingerprint density at radius 2 is 1.93 bits per heavy atom. The zero-order valence-electron chi connectivity index (χ0n) is 15.1. The lowest BCUT2D eigenvalue weighted by Gasteiger charge is -2.39. The highest BCUT2D eigenvalue weighted by molar-refractivity contribution is 7.17. The van der Waals surface area contributed by atoms with E-state index in [1.165, 1.54) is 25.9 Å². The number of hydrogen-bond donors (Lipinski definition) is 0. The van der Waals surface area contributed by atoms with Crippen molar-refractivity contribution in [2.24, 2.45) is 5.41 Å². The van der Waals surface area contributed by atoms with Crippen molar-refractivity contribution in [2.45, 2.75) is 25.1 Å². The molecule has 5 rings (SSSR count). The van der Waals surface area contributed by atoms with Crippen molar-refractivity contribution >= 4 is 26.5 Å². The van der Waals surface area contributed by atoms with E-state index in [1.54, 1.807) is 12.1 Å². The summed E-state index contributed by atoms with van der Waals surface area (Å²) in [5, 5.41) is 12.8. The van der Waals surface area contributed by atoms with Crippen LogP contribution in [-0.2, 0) is 0 Å². The second-order valence-electron chi connectivity index (χ2n) is 7.33. The molecule has 7 nitrogen and oxygen atoms in total. The molecule has 29 heavy (non-hydrogen) atoms. The highest BCUT2D eigenvalue weighted by Gasteiger charge is 2.42. The second-order valence-corrected chi connectivity index (χ2v) is 8.36. The van der Waals surface area contributed by atoms with E-state index in [-0.39, 0.29) is 16.3 Å². The molecule has 3 heterocycles. The average Bonchev–Trinajstić information content (AvgIpc) is 2.91. The van der Waals surface area contributed by atoms with E-state index in [0.29, 0.717) is 41.7 Å². The van der Waals surface area contributed by atoms with E-state index < -0.39 is 5.85 Å². The number of benzene rings is 1. The molecule has 1 aliphatic carbocycles. The van der Waals surface area contributed by atoms with Crippen molar-refractivity contribution in [1.29, 1.82) is 0 Å². The molecule has 1 aromatic carbocycles. The third-order valence-electron chi connectivity index (χ3n) is 5.23. The standard InChI is InChI=1S/C18H16ClF2N4O3P/c19-14-12-13(27-9-17(8-26-12)5-2-6-17)16-23-22-15(25(16)24-14)10-3-1-4-11(7-10)28-18(20,21)29/h1,3-4,7H,2,5-6,8-9,29H2. The fraction of sp³-hybridized carbons (Fsp3) is 0.389. The van der Waals surface area contributed by atoms with E-state index in [2.05, 4.69) is 20.0 Å². The molecule has 1 spiro atoms. The van der Waals surface area contributed by atoms with Crippen molar-refractivity contribution < 1.29 is 23.0 Å². The normalized spacial score (nSPS) is 17.8. The summed E-state index contributed by atoms with van der Waals surface area (Å²) in [6.07, 6.45) is 3.22. The first-order chi connectivity index (χ1) is 13.8. The predicted molar refractivity (Wildman–Crippen MR) is 104 cm³/mol. The van der Waals surface area contributed by atoms with Crippen molar-refractivity contribution in [2.75, 3.05) is 13.2 Å². The van der Waals surface area contributed by atoms with Crippen molar-refractivity contribution in [1.82, 2.24) is 19.8 Å². The van der Waals surface area contributed by atoms with Crippen LogP contribution >= 0.6 is 20.8 Å². The Kier molecular flexibility index (Phi) is 4.29. The molecular formula is C18H16ClF2N4O3P. The third kappa shape index (κ3) is 3.36. The maximum Gasteiger partial charge on any atom is 0.408 e. The van der Waals surface area contributed by atoms with Crippen LogP contribution in [0.1, 0.15) is 19.3 Å². The van der Waals surface area contributed by atoms with Crippen LogP contribution in [0.15, 0.2) is 24.3 Å². The van der Waals surface area contributed by atoms with Gasteiger partial charge in [0.2, 0.25) is 17.1 Å². The Balaban J connectivity index is 1.57. The van der Waals surface area contributed by atoms with Gasteiger partial charge < -0.3 is 14.2 Å². The average molecular weight is 441 g/mol. The number of nitrogens with zero attached hydrogens (tertiary/aromatic N) is 4. The number of alkyl halides is 2. The van der Waals surface area contributed by atoms with Gasteiger partial charge in [-0.2, -0.15) is 13.3 Å². The molecule has 1 atom stereocenters. The van der Waals surface area contributed by atoms with Gasteiger partial charge in [0.15, 0.2) is 11.0 Å². The van der Waals surface area contributed by atoms with Gasteiger partial charge in [0.05, 0.1) is 13.2 Å². The lowest BCUT2D eigenvalue weighted by atomic mass is 9.70. The highest BCUT2D eigenvalue weighted by Crippen LogP contribution is 2.47. The van der Waals surface area contributed by atoms with Gasteiger partial charge in [-0.15, -0.1) is 15.3 Å². The van der Waals surface area contributed by atoms with E-state index in [4.69, 9.17) is 21.1 Å². The van der Waals surface area contributed by atoms with Crippen LogP contribution in [0.5, 0.6) is 17.2 Å². The number of halogens is 3. The van der Waals surface area contributed by atoms with Crippen LogP contribution < -0.4 is 14.2 Å². The van der Waals surface area contributed by atoms with Crippen molar-refractivity contribution in [3.8, 4) is 28.6 Å². The third-order valence-corrected chi connectivity index (χ3v) is 5.60. The minimum atomic E-state index is -3.38. The Morgan fingerprint density at radius 1 is 1.17 bits per heavy atom. The smallest absolute Gasteiger partial charge is 0.408 e. The minimum absolute atomic E-state index is 0.00272. The summed E-state index contributed by atoms with van der Waals surface area (Å²) in [4.78, 5) is 0. The van der Waals surface area contributed by atoms with Gasteiger partial charge in [0, 0.05) is 11.0 Å². The van der Waals surface area contributed by atoms with Crippen LogP contribution in [0.25, 0.3) is 17.0 Å². The molecule has 0 N–H and O–H groups in total. The molecule has 0 amide bonds. The summed E-state index contributed by atoms with van der Waals surface area (Å²) < 4.78 is 44.3. The molecule has 0 bridgehead atoms. The van der Waals surface area contributed by atoms with Crippen LogP contribution in [0.4, 0.5) is 8.78 Å². The summed E-state index contributed by atoms with van der Waals surface area (Å²) >= 11 is 6.36. The highest BCUT2D eigenvalue weighted by atomic mass is 35.5. The Hall–Kier alpha value is -2.25. The van der Waals surface area contributed by atoms with Gasteiger partial charge in [-0.1, -0.05) is 30.2 Å². The molecule has 152 valence electrons. The fourth-order valence-electron chi connectivity index (χ4n) is 3.59. The van der Waals surface area contributed by atoms with E-state index >= 15 is 0 Å². The molecule has 3 aromatic rings. The van der Waals surface area contributed by atoms with E-state index in [0.717, 1.165) is 19.3 Å². The zero-order chi connectivity index (χ0) is 20.2. The summed E-state index contributed by atoms with van der Waals surface area (Å²) in [5.41, 5.74) is 0.827. The van der Waals surface area contributed by atoms with Gasteiger partial charge in [0.25, 0.3) is 0 Å². The number of aromatic nitrogens is 4. The first-order valence-corrected chi connectivity index (χ1v) is 9.96. The lowest BCUT2D eigenvalue weighted by molar-refractivity contribution is -0.0891. The molecule has 0 radical (unpaired) electrons. The van der Waals surface area contributed by atoms with Gasteiger partial charge in [-0.05, 0) is 34.2 Å². The summed E-state index contributed by atoms with van der Waals surface area (Å²) in [6.45, 7) is 1.02. The summed E-state index contributed by atoms with van der Waals surface area (Å²) in [5.74, 6) is -2.36. The molecule has 1 unspecified atom stereocenters. The molecule has 2 aromatic heterocycles. The monoisotopic (exact) mass is 440 g/mol. The maximum atomic E-state index is 13.2. The Labute approximate surface area is 171 Å². The largest absolute Gasteiger partial charge is 0.486 e. The number of fused-ring (bicyclic) bond motifs is 3. The van der Waals surface area contributed by atoms with Gasteiger partial charge >= 0.3 is 5.85 Å². The lowest BCUT2D eigenvalue weighted by Crippen LogP contribution is -2.39. The molecule has 1 aliphatic heterocycles. The summed E-state index contributed by atoms with van der Waals surface area (Å²) in [6, 6.07) is 6.11. The molecule has 1 saturated carbocycles. The van der Waals surface area contributed by atoms with E-state index in [1.807, 2.05) is 0 Å². The Morgan fingerprint density at radius 3 is 2.62 bits per heavy atom. The van der Waals surface area contributed by atoms with Gasteiger partial charge in [-0.25, -0.2) is 0 Å². The second kappa shape index (κ2) is 6.64. The summed E-state index contributed by atoms with van der Waals surface area (Å²) in [7, 11) is 1.33. The molecule has 1 fully saturated rings. The number of ether oxygens (including phenoxy) is 3. The minimum Gasteiger partial charge on any atom is -0.486 e. The van der Waals surface area contributed by atoms with Crippen molar-refractivity contribution in [3.05, 3.63) is 29.4 Å². The van der Waals surface area contributed by atoms with Gasteiger partial charge in [-0.3, -0.25) is 0 Å². The van der Waals surface area contributed by atoms with Crippen molar-refractivity contribution in [3.63, 3.8) is 0 Å². The fourth-order valence-corrected chi connectivity index (χ4v) is 3.95. The van der Waals surface area contributed by atoms with Crippen LogP contribution in [-0.4, -0.2) is 38.9 Å². The molecular weight excluding hydrogens is 425 g/mol. The first-order valence-electron chi connectivity index (χ1n) is 9.00. The SMILES string of the molecule is FC(F)(P)Oc1cccc(-c2nnc3c4c(c(Cl)nn23)OCC2(CCC2)CO4)c1. The predicted octanol–water partition coefficient (Wildman–Crippen LogP) is 4.19. The first kappa shape index (κ1) is 18.8. The van der Waals surface area contributed by atoms with Crippen LogP contribution in [0.3, 0.4) is 0 Å². The zero-order valence-corrected chi connectivity index (χ0v) is 17.0.